The van der Waals surface area contributed by atoms with Gasteiger partial charge in [-0.1, -0.05) is 30.3 Å². The van der Waals surface area contributed by atoms with Crippen molar-refractivity contribution >= 4 is 23.3 Å². The third kappa shape index (κ3) is 7.11. The molecule has 1 aliphatic heterocycles. The standard InChI is InChI=1S/C30H35N3O4/c1-4-36-30(35)25-12-15-28(33-18-16-32(17-19-33)21-23-8-6-5-7-9-23)27(20-25)31-29(34)24-10-13-26(14-11-24)37-22(2)3/h5-15,20,22H,4,16-19,21H2,1-3H3,(H,31,34). The van der Waals surface area contributed by atoms with Gasteiger partial charge in [0.2, 0.25) is 0 Å². The van der Waals surface area contributed by atoms with E-state index in [9.17, 15) is 9.59 Å². The van der Waals surface area contributed by atoms with Crippen LogP contribution in [0.2, 0.25) is 0 Å². The zero-order chi connectivity index (χ0) is 26.2. The minimum atomic E-state index is -0.410. The molecule has 194 valence electrons. The smallest absolute Gasteiger partial charge is 0.338 e. The monoisotopic (exact) mass is 501 g/mol. The lowest BCUT2D eigenvalue weighted by Gasteiger charge is -2.37. The molecule has 0 saturated carbocycles. The third-order valence-corrected chi connectivity index (χ3v) is 6.21. The van der Waals surface area contributed by atoms with E-state index in [1.807, 2.05) is 26.0 Å². The Morgan fingerprint density at radius 2 is 1.57 bits per heavy atom. The van der Waals surface area contributed by atoms with E-state index in [1.165, 1.54) is 5.56 Å². The molecule has 3 aromatic carbocycles. The quantitative estimate of drug-likeness (QED) is 0.405. The Morgan fingerprint density at radius 1 is 0.892 bits per heavy atom. The maximum Gasteiger partial charge on any atom is 0.338 e. The first-order valence-corrected chi connectivity index (χ1v) is 12.8. The summed E-state index contributed by atoms with van der Waals surface area (Å²) in [6.07, 6.45) is 0.0565. The molecule has 0 aromatic heterocycles. The molecular formula is C30H35N3O4. The van der Waals surface area contributed by atoms with Crippen LogP contribution in [0.5, 0.6) is 5.75 Å². The molecule has 7 heteroatoms. The summed E-state index contributed by atoms with van der Waals surface area (Å²) in [6.45, 7) is 10.3. The van der Waals surface area contributed by atoms with Gasteiger partial charge in [-0.25, -0.2) is 4.79 Å². The largest absolute Gasteiger partial charge is 0.491 e. The number of ether oxygens (including phenoxy) is 2. The van der Waals surface area contributed by atoms with Crippen LogP contribution >= 0.6 is 0 Å². The lowest BCUT2D eigenvalue weighted by atomic mass is 10.1. The van der Waals surface area contributed by atoms with Crippen molar-refractivity contribution in [3.05, 3.63) is 89.5 Å². The second kappa shape index (κ2) is 12.4. The Balaban J connectivity index is 1.50. The summed E-state index contributed by atoms with van der Waals surface area (Å²) in [5.41, 5.74) is 3.70. The van der Waals surface area contributed by atoms with Crippen LogP contribution in [0.3, 0.4) is 0 Å². The van der Waals surface area contributed by atoms with E-state index in [0.717, 1.165) is 38.4 Å². The van der Waals surface area contributed by atoms with Crippen molar-refractivity contribution in [1.82, 2.24) is 4.90 Å². The molecule has 0 aliphatic carbocycles. The van der Waals surface area contributed by atoms with E-state index >= 15 is 0 Å². The number of hydrogen-bond donors (Lipinski definition) is 1. The highest BCUT2D eigenvalue weighted by Crippen LogP contribution is 2.30. The highest BCUT2D eigenvalue weighted by Gasteiger charge is 2.22. The SMILES string of the molecule is CCOC(=O)c1ccc(N2CCN(Cc3ccccc3)CC2)c(NC(=O)c2ccc(OC(C)C)cc2)c1. The van der Waals surface area contributed by atoms with Crippen molar-refractivity contribution in [2.24, 2.45) is 0 Å². The number of hydrogen-bond acceptors (Lipinski definition) is 6. The van der Waals surface area contributed by atoms with Crippen LogP contribution < -0.4 is 15.0 Å². The first-order chi connectivity index (χ1) is 17.9. The fourth-order valence-electron chi connectivity index (χ4n) is 4.39. The molecule has 37 heavy (non-hydrogen) atoms. The van der Waals surface area contributed by atoms with E-state index in [0.29, 0.717) is 22.6 Å². The van der Waals surface area contributed by atoms with Crippen molar-refractivity contribution in [3.8, 4) is 5.75 Å². The highest BCUT2D eigenvalue weighted by atomic mass is 16.5. The van der Waals surface area contributed by atoms with Crippen LogP contribution in [0.1, 0.15) is 47.1 Å². The number of carbonyl (C=O) groups is 2. The van der Waals surface area contributed by atoms with Crippen molar-refractivity contribution in [2.75, 3.05) is 43.0 Å². The molecule has 0 spiro atoms. The minimum Gasteiger partial charge on any atom is -0.491 e. The van der Waals surface area contributed by atoms with Crippen LogP contribution in [0, 0.1) is 0 Å². The predicted molar refractivity (Wildman–Crippen MR) is 146 cm³/mol. The van der Waals surface area contributed by atoms with Gasteiger partial charge < -0.3 is 19.7 Å². The van der Waals surface area contributed by atoms with Crippen LogP contribution in [-0.4, -0.2) is 55.7 Å². The molecule has 4 rings (SSSR count). The average Bonchev–Trinajstić information content (AvgIpc) is 2.90. The number of piperazine rings is 1. The van der Waals surface area contributed by atoms with E-state index < -0.39 is 5.97 Å². The number of nitrogens with one attached hydrogen (secondary N) is 1. The summed E-state index contributed by atoms with van der Waals surface area (Å²) in [5.74, 6) is 0.0541. The van der Waals surface area contributed by atoms with Gasteiger partial charge in [-0.3, -0.25) is 9.69 Å². The number of nitrogens with zero attached hydrogens (tertiary/aromatic N) is 2. The second-order valence-electron chi connectivity index (χ2n) is 9.35. The molecule has 1 aliphatic rings. The van der Waals surface area contributed by atoms with Crippen LogP contribution in [0.4, 0.5) is 11.4 Å². The Hall–Kier alpha value is -3.84. The molecule has 0 bridgehead atoms. The second-order valence-corrected chi connectivity index (χ2v) is 9.35. The summed E-state index contributed by atoms with van der Waals surface area (Å²) in [4.78, 5) is 30.2. The zero-order valence-corrected chi connectivity index (χ0v) is 21.8. The first kappa shape index (κ1) is 26.2. The molecule has 0 radical (unpaired) electrons. The maximum atomic E-state index is 13.1. The summed E-state index contributed by atoms with van der Waals surface area (Å²) in [6, 6.07) is 22.9. The average molecular weight is 502 g/mol. The molecule has 7 nitrogen and oxygen atoms in total. The van der Waals surface area contributed by atoms with Gasteiger partial charge in [0, 0.05) is 38.3 Å². The lowest BCUT2D eigenvalue weighted by Crippen LogP contribution is -2.46. The van der Waals surface area contributed by atoms with Gasteiger partial charge in [0.15, 0.2) is 0 Å². The van der Waals surface area contributed by atoms with Gasteiger partial charge in [-0.2, -0.15) is 0 Å². The van der Waals surface area contributed by atoms with Crippen LogP contribution in [0.25, 0.3) is 0 Å². The van der Waals surface area contributed by atoms with E-state index in [4.69, 9.17) is 9.47 Å². The highest BCUT2D eigenvalue weighted by molar-refractivity contribution is 6.07. The third-order valence-electron chi connectivity index (χ3n) is 6.21. The Kier molecular flexibility index (Phi) is 8.80. The Labute approximate surface area is 219 Å². The Morgan fingerprint density at radius 3 is 2.22 bits per heavy atom. The Bertz CT molecular complexity index is 1190. The van der Waals surface area contributed by atoms with E-state index in [2.05, 4.69) is 39.4 Å². The van der Waals surface area contributed by atoms with Crippen molar-refractivity contribution in [3.63, 3.8) is 0 Å². The summed E-state index contributed by atoms with van der Waals surface area (Å²) >= 11 is 0. The van der Waals surface area contributed by atoms with Gasteiger partial charge in [-0.05, 0) is 68.8 Å². The first-order valence-electron chi connectivity index (χ1n) is 12.8. The van der Waals surface area contributed by atoms with Crippen molar-refractivity contribution in [2.45, 2.75) is 33.4 Å². The number of esters is 1. The number of amides is 1. The lowest BCUT2D eigenvalue weighted by molar-refractivity contribution is 0.0526. The topological polar surface area (TPSA) is 71.1 Å². The van der Waals surface area contributed by atoms with Crippen LogP contribution in [-0.2, 0) is 11.3 Å². The van der Waals surface area contributed by atoms with Gasteiger partial charge >= 0.3 is 5.97 Å². The van der Waals surface area contributed by atoms with Gasteiger partial charge in [0.25, 0.3) is 5.91 Å². The molecule has 1 fully saturated rings. The molecule has 0 atom stereocenters. The number of benzene rings is 3. The van der Waals surface area contributed by atoms with Gasteiger partial charge in [0.1, 0.15) is 5.75 Å². The van der Waals surface area contributed by atoms with Gasteiger partial charge in [-0.15, -0.1) is 0 Å². The van der Waals surface area contributed by atoms with Crippen molar-refractivity contribution in [1.29, 1.82) is 0 Å². The zero-order valence-electron chi connectivity index (χ0n) is 21.8. The predicted octanol–water partition coefficient (Wildman–Crippen LogP) is 5.23. The summed E-state index contributed by atoms with van der Waals surface area (Å²) in [7, 11) is 0. The molecule has 0 unspecified atom stereocenters. The maximum absolute atomic E-state index is 13.1. The minimum absolute atomic E-state index is 0.0565. The molecule has 1 N–H and O–H groups in total. The molecule has 1 amide bonds. The number of rotatable bonds is 9. The number of anilines is 2. The van der Waals surface area contributed by atoms with Crippen LogP contribution in [0.15, 0.2) is 72.8 Å². The van der Waals surface area contributed by atoms with Gasteiger partial charge in [0.05, 0.1) is 29.6 Å². The summed E-state index contributed by atoms with van der Waals surface area (Å²) < 4.78 is 10.9. The van der Waals surface area contributed by atoms with E-state index in [-0.39, 0.29) is 18.6 Å². The fourth-order valence-corrected chi connectivity index (χ4v) is 4.39. The molecule has 3 aromatic rings. The molecule has 1 saturated heterocycles. The fraction of sp³-hybridized carbons (Fsp3) is 0.333. The van der Waals surface area contributed by atoms with E-state index in [1.54, 1.807) is 43.3 Å². The summed E-state index contributed by atoms with van der Waals surface area (Å²) in [5, 5.41) is 3.03. The van der Waals surface area contributed by atoms with Crippen molar-refractivity contribution < 1.29 is 19.1 Å². The molecule has 1 heterocycles. The molecular weight excluding hydrogens is 466 g/mol. The normalized spacial score (nSPS) is 13.9. The number of carbonyl (C=O) groups excluding carboxylic acids is 2.